The summed E-state index contributed by atoms with van der Waals surface area (Å²) in [5.41, 5.74) is 4.02. The number of pyridine rings is 1. The summed E-state index contributed by atoms with van der Waals surface area (Å²) in [5, 5.41) is 0. The maximum absolute atomic E-state index is 5.55. The summed E-state index contributed by atoms with van der Waals surface area (Å²) in [5.74, 6) is 7.10. The van der Waals surface area contributed by atoms with Crippen molar-refractivity contribution in [2.24, 2.45) is 17.7 Å². The third-order valence-electron chi connectivity index (χ3n) is 3.06. The molecule has 0 radical (unpaired) electrons. The van der Waals surface area contributed by atoms with E-state index in [1.165, 1.54) is 6.42 Å². The zero-order chi connectivity index (χ0) is 9.97. The predicted octanol–water partition coefficient (Wildman–Crippen LogP) is 1.11. The highest BCUT2D eigenvalue weighted by Crippen LogP contribution is 2.41. The first kappa shape index (κ1) is 9.62. The van der Waals surface area contributed by atoms with E-state index in [-0.39, 0.29) is 0 Å². The van der Waals surface area contributed by atoms with Crippen molar-refractivity contribution in [1.82, 2.24) is 10.4 Å². The zero-order valence-electron chi connectivity index (χ0n) is 8.48. The Morgan fingerprint density at radius 2 is 2.43 bits per heavy atom. The maximum atomic E-state index is 5.55. The van der Waals surface area contributed by atoms with Gasteiger partial charge in [0, 0.05) is 24.4 Å². The fourth-order valence-corrected chi connectivity index (χ4v) is 1.99. The summed E-state index contributed by atoms with van der Waals surface area (Å²) >= 11 is 0. The van der Waals surface area contributed by atoms with E-state index in [9.17, 15) is 0 Å². The SMILES string of the molecule is CC1CC1C(Cc1ccccn1)NN. The molecule has 1 aromatic heterocycles. The molecule has 1 aliphatic carbocycles. The molecule has 0 spiro atoms. The lowest BCUT2D eigenvalue weighted by Gasteiger charge is -2.14. The Labute approximate surface area is 84.7 Å². The van der Waals surface area contributed by atoms with Gasteiger partial charge in [-0.25, -0.2) is 0 Å². The lowest BCUT2D eigenvalue weighted by atomic mass is 10.1. The van der Waals surface area contributed by atoms with Gasteiger partial charge in [-0.2, -0.15) is 0 Å². The highest BCUT2D eigenvalue weighted by molar-refractivity contribution is 5.07. The van der Waals surface area contributed by atoms with Gasteiger partial charge in [-0.1, -0.05) is 13.0 Å². The third-order valence-corrected chi connectivity index (χ3v) is 3.06. The van der Waals surface area contributed by atoms with Gasteiger partial charge in [0.1, 0.15) is 0 Å². The van der Waals surface area contributed by atoms with Gasteiger partial charge in [0.05, 0.1) is 0 Å². The van der Waals surface area contributed by atoms with Gasteiger partial charge in [0.25, 0.3) is 0 Å². The predicted molar refractivity (Wildman–Crippen MR) is 56.3 cm³/mol. The molecule has 3 unspecified atom stereocenters. The lowest BCUT2D eigenvalue weighted by molar-refractivity contribution is 0.450. The quantitative estimate of drug-likeness (QED) is 0.553. The highest BCUT2D eigenvalue weighted by Gasteiger charge is 2.38. The Balaban J connectivity index is 1.95. The van der Waals surface area contributed by atoms with Crippen molar-refractivity contribution >= 4 is 0 Å². The first-order valence-corrected chi connectivity index (χ1v) is 5.17. The summed E-state index contributed by atoms with van der Waals surface area (Å²) < 4.78 is 0. The van der Waals surface area contributed by atoms with Crippen LogP contribution in [0.3, 0.4) is 0 Å². The van der Waals surface area contributed by atoms with Crippen molar-refractivity contribution in [3.05, 3.63) is 30.1 Å². The lowest BCUT2D eigenvalue weighted by Crippen LogP contribution is -2.39. The second-order valence-corrected chi connectivity index (χ2v) is 4.18. The van der Waals surface area contributed by atoms with Gasteiger partial charge in [-0.3, -0.25) is 16.3 Å². The summed E-state index contributed by atoms with van der Waals surface area (Å²) in [6.07, 6.45) is 4.06. The van der Waals surface area contributed by atoms with E-state index in [1.807, 2.05) is 18.3 Å². The smallest absolute Gasteiger partial charge is 0.0419 e. The molecule has 1 saturated carbocycles. The number of nitrogens with one attached hydrogen (secondary N) is 1. The summed E-state index contributed by atoms with van der Waals surface area (Å²) in [7, 11) is 0. The molecule has 1 fully saturated rings. The molecule has 0 aliphatic heterocycles. The van der Waals surface area contributed by atoms with Crippen molar-refractivity contribution in [2.45, 2.75) is 25.8 Å². The molecule has 2 rings (SSSR count). The number of rotatable bonds is 4. The van der Waals surface area contributed by atoms with Crippen molar-refractivity contribution in [1.29, 1.82) is 0 Å². The normalized spacial score (nSPS) is 27.3. The van der Waals surface area contributed by atoms with Crippen LogP contribution in [0.2, 0.25) is 0 Å². The zero-order valence-corrected chi connectivity index (χ0v) is 8.48. The van der Waals surface area contributed by atoms with Crippen molar-refractivity contribution < 1.29 is 0 Å². The molecule has 3 nitrogen and oxygen atoms in total. The Morgan fingerprint density at radius 3 is 2.93 bits per heavy atom. The molecule has 3 atom stereocenters. The number of nitrogens with zero attached hydrogens (tertiary/aromatic N) is 1. The number of hydrogen-bond donors (Lipinski definition) is 2. The van der Waals surface area contributed by atoms with Crippen LogP contribution in [0.25, 0.3) is 0 Å². The van der Waals surface area contributed by atoms with Gasteiger partial charge in [0.2, 0.25) is 0 Å². The Bertz CT molecular complexity index is 286. The number of nitrogens with two attached hydrogens (primary N) is 1. The summed E-state index contributed by atoms with van der Waals surface area (Å²) in [6, 6.07) is 6.40. The van der Waals surface area contributed by atoms with Crippen LogP contribution in [0, 0.1) is 11.8 Å². The first-order chi connectivity index (χ1) is 6.81. The van der Waals surface area contributed by atoms with Crippen LogP contribution in [0.5, 0.6) is 0 Å². The van der Waals surface area contributed by atoms with E-state index >= 15 is 0 Å². The molecule has 1 aliphatic rings. The fraction of sp³-hybridized carbons (Fsp3) is 0.545. The molecule has 3 N–H and O–H groups in total. The minimum absolute atomic E-state index is 0.389. The minimum Gasteiger partial charge on any atom is -0.271 e. The summed E-state index contributed by atoms with van der Waals surface area (Å²) in [4.78, 5) is 4.31. The molecular formula is C11H17N3. The summed E-state index contributed by atoms with van der Waals surface area (Å²) in [6.45, 7) is 2.27. The van der Waals surface area contributed by atoms with Gasteiger partial charge in [0.15, 0.2) is 0 Å². The monoisotopic (exact) mass is 191 g/mol. The molecular weight excluding hydrogens is 174 g/mol. The van der Waals surface area contributed by atoms with Gasteiger partial charge < -0.3 is 0 Å². The van der Waals surface area contributed by atoms with Crippen molar-refractivity contribution in [3.63, 3.8) is 0 Å². The Kier molecular flexibility index (Phi) is 2.79. The van der Waals surface area contributed by atoms with Crippen LogP contribution >= 0.6 is 0 Å². The second kappa shape index (κ2) is 4.07. The number of hydrazine groups is 1. The van der Waals surface area contributed by atoms with Crippen LogP contribution in [0.4, 0.5) is 0 Å². The Morgan fingerprint density at radius 1 is 1.64 bits per heavy atom. The van der Waals surface area contributed by atoms with E-state index in [0.717, 1.165) is 24.0 Å². The van der Waals surface area contributed by atoms with Crippen LogP contribution < -0.4 is 11.3 Å². The van der Waals surface area contributed by atoms with Crippen molar-refractivity contribution in [3.8, 4) is 0 Å². The molecule has 1 heterocycles. The average molecular weight is 191 g/mol. The Hall–Kier alpha value is -0.930. The second-order valence-electron chi connectivity index (χ2n) is 4.18. The van der Waals surface area contributed by atoms with Crippen LogP contribution in [-0.2, 0) is 6.42 Å². The van der Waals surface area contributed by atoms with Crippen LogP contribution in [-0.4, -0.2) is 11.0 Å². The molecule has 76 valence electrons. The molecule has 1 aromatic rings. The van der Waals surface area contributed by atoms with Gasteiger partial charge in [-0.05, 0) is 30.4 Å². The van der Waals surface area contributed by atoms with E-state index in [4.69, 9.17) is 5.84 Å². The molecule has 3 heteroatoms. The minimum atomic E-state index is 0.389. The fourth-order valence-electron chi connectivity index (χ4n) is 1.99. The largest absolute Gasteiger partial charge is 0.271 e. The van der Waals surface area contributed by atoms with Crippen molar-refractivity contribution in [2.75, 3.05) is 0 Å². The van der Waals surface area contributed by atoms with E-state index in [2.05, 4.69) is 23.4 Å². The molecule has 0 amide bonds. The topological polar surface area (TPSA) is 50.9 Å². The van der Waals surface area contributed by atoms with Gasteiger partial charge >= 0.3 is 0 Å². The molecule has 0 saturated heterocycles. The van der Waals surface area contributed by atoms with Crippen LogP contribution in [0.15, 0.2) is 24.4 Å². The standard InChI is InChI=1S/C11H17N3/c1-8-6-10(8)11(14-12)7-9-4-2-3-5-13-9/h2-5,8,10-11,14H,6-7,12H2,1H3. The number of aromatic nitrogens is 1. The molecule has 0 bridgehead atoms. The van der Waals surface area contributed by atoms with Gasteiger partial charge in [-0.15, -0.1) is 0 Å². The highest BCUT2D eigenvalue weighted by atomic mass is 15.2. The molecule has 14 heavy (non-hydrogen) atoms. The van der Waals surface area contributed by atoms with Crippen LogP contribution in [0.1, 0.15) is 19.0 Å². The van der Waals surface area contributed by atoms with E-state index in [1.54, 1.807) is 0 Å². The maximum Gasteiger partial charge on any atom is 0.0419 e. The third kappa shape index (κ3) is 2.11. The average Bonchev–Trinajstić information content (AvgIpc) is 2.93. The molecule has 0 aromatic carbocycles. The van der Waals surface area contributed by atoms with E-state index in [0.29, 0.717) is 6.04 Å². The van der Waals surface area contributed by atoms with E-state index < -0.39 is 0 Å². The first-order valence-electron chi connectivity index (χ1n) is 5.17. The number of hydrogen-bond acceptors (Lipinski definition) is 3.